The molecule has 1 unspecified atom stereocenters. The Labute approximate surface area is 169 Å². The lowest BCUT2D eigenvalue weighted by molar-refractivity contribution is -0.149. The zero-order chi connectivity index (χ0) is 21.3. The molecular weight excluding hydrogens is 408 g/mol. The van der Waals surface area contributed by atoms with Gasteiger partial charge in [0.05, 0.1) is 5.56 Å². The molecular formula is C19H16ClF2N3O4. The van der Waals surface area contributed by atoms with Crippen molar-refractivity contribution in [1.29, 1.82) is 0 Å². The maximum atomic E-state index is 13.6. The number of rotatable bonds is 5. The summed E-state index contributed by atoms with van der Waals surface area (Å²) in [5.74, 6) is -4.37. The number of primary amides is 1. The van der Waals surface area contributed by atoms with Gasteiger partial charge in [0.15, 0.2) is 0 Å². The van der Waals surface area contributed by atoms with E-state index in [1.54, 1.807) is 0 Å². The monoisotopic (exact) mass is 423 g/mol. The van der Waals surface area contributed by atoms with Gasteiger partial charge in [0.2, 0.25) is 5.60 Å². The molecule has 4 N–H and O–H groups in total. The molecule has 0 bridgehead atoms. The van der Waals surface area contributed by atoms with Crippen molar-refractivity contribution in [3.8, 4) is 0 Å². The van der Waals surface area contributed by atoms with Crippen LogP contribution in [0.3, 0.4) is 0 Å². The van der Waals surface area contributed by atoms with E-state index in [1.807, 2.05) is 0 Å². The highest BCUT2D eigenvalue weighted by molar-refractivity contribution is 6.30. The number of nitrogens with one attached hydrogen (secondary N) is 1. The molecule has 7 nitrogen and oxygen atoms in total. The van der Waals surface area contributed by atoms with Crippen molar-refractivity contribution in [2.45, 2.75) is 18.6 Å². The Hall–Kier alpha value is -3.04. The molecule has 1 aliphatic heterocycles. The van der Waals surface area contributed by atoms with Crippen LogP contribution in [0.2, 0.25) is 5.02 Å². The first-order valence-electron chi connectivity index (χ1n) is 8.49. The molecule has 3 rings (SSSR count). The van der Waals surface area contributed by atoms with Crippen molar-refractivity contribution < 1.29 is 28.3 Å². The lowest BCUT2D eigenvalue weighted by atomic mass is 10.0. The molecule has 1 heterocycles. The largest absolute Gasteiger partial charge is 0.372 e. The normalized spacial score (nSPS) is 18.8. The predicted molar refractivity (Wildman–Crippen MR) is 100 cm³/mol. The molecule has 2 aromatic carbocycles. The first-order chi connectivity index (χ1) is 13.6. The Morgan fingerprint density at radius 2 is 1.97 bits per heavy atom. The average molecular weight is 424 g/mol. The number of nitrogens with two attached hydrogens (primary N) is 1. The molecule has 152 valence electrons. The molecule has 0 aliphatic carbocycles. The Morgan fingerprint density at radius 3 is 2.62 bits per heavy atom. The first-order valence-corrected chi connectivity index (χ1v) is 8.86. The molecule has 1 saturated heterocycles. The van der Waals surface area contributed by atoms with E-state index in [4.69, 9.17) is 17.3 Å². The van der Waals surface area contributed by atoms with Crippen LogP contribution in [0.1, 0.15) is 22.3 Å². The molecule has 10 heteroatoms. The van der Waals surface area contributed by atoms with E-state index in [-0.39, 0.29) is 30.2 Å². The number of halogens is 3. The van der Waals surface area contributed by atoms with Gasteiger partial charge in [0.25, 0.3) is 17.7 Å². The zero-order valence-corrected chi connectivity index (χ0v) is 15.7. The summed E-state index contributed by atoms with van der Waals surface area (Å²) in [4.78, 5) is 37.5. The van der Waals surface area contributed by atoms with Crippen LogP contribution in [0.5, 0.6) is 0 Å². The highest BCUT2D eigenvalue weighted by Gasteiger charge is 2.51. The van der Waals surface area contributed by atoms with Crippen molar-refractivity contribution >= 4 is 35.0 Å². The Kier molecular flexibility index (Phi) is 5.54. The first kappa shape index (κ1) is 20.7. The number of amides is 3. The van der Waals surface area contributed by atoms with Crippen LogP contribution in [0.4, 0.5) is 14.5 Å². The number of benzene rings is 2. The lowest BCUT2D eigenvalue weighted by Crippen LogP contribution is -2.52. The summed E-state index contributed by atoms with van der Waals surface area (Å²) in [5, 5.41) is 13.1. The van der Waals surface area contributed by atoms with Crippen LogP contribution < -0.4 is 16.0 Å². The van der Waals surface area contributed by atoms with E-state index in [0.717, 1.165) is 29.2 Å². The SMILES string of the molecule is NC(=O)c1cc(N2CCC(O)(C(=O)NCc3cc(F)cc(Cl)c3)C2=O)ccc1F. The lowest BCUT2D eigenvalue weighted by Gasteiger charge is -2.22. The minimum absolute atomic E-state index is 0.0433. The van der Waals surface area contributed by atoms with Gasteiger partial charge in [-0.05, 0) is 42.0 Å². The second-order valence-corrected chi connectivity index (χ2v) is 6.99. The summed E-state index contributed by atoms with van der Waals surface area (Å²) >= 11 is 5.75. The van der Waals surface area contributed by atoms with E-state index in [0.29, 0.717) is 5.56 Å². The fraction of sp³-hybridized carbons (Fsp3) is 0.211. The molecule has 0 radical (unpaired) electrons. The summed E-state index contributed by atoms with van der Waals surface area (Å²) < 4.78 is 27.0. The highest BCUT2D eigenvalue weighted by atomic mass is 35.5. The van der Waals surface area contributed by atoms with E-state index >= 15 is 0 Å². The Bertz CT molecular complexity index is 997. The molecule has 0 aromatic heterocycles. The average Bonchev–Trinajstić information content (AvgIpc) is 2.95. The Balaban J connectivity index is 1.76. The van der Waals surface area contributed by atoms with Crippen LogP contribution in [-0.2, 0) is 16.1 Å². The van der Waals surface area contributed by atoms with Crippen LogP contribution in [0, 0.1) is 11.6 Å². The number of hydrogen-bond acceptors (Lipinski definition) is 4. The summed E-state index contributed by atoms with van der Waals surface area (Å²) in [5.41, 5.74) is 2.78. The van der Waals surface area contributed by atoms with Gasteiger partial charge in [-0.15, -0.1) is 0 Å². The molecule has 29 heavy (non-hydrogen) atoms. The minimum Gasteiger partial charge on any atom is -0.372 e. The van der Waals surface area contributed by atoms with Crippen molar-refractivity contribution in [3.05, 3.63) is 64.2 Å². The van der Waals surface area contributed by atoms with Gasteiger partial charge in [0, 0.05) is 30.2 Å². The summed E-state index contributed by atoms with van der Waals surface area (Å²) in [7, 11) is 0. The highest BCUT2D eigenvalue weighted by Crippen LogP contribution is 2.30. The van der Waals surface area contributed by atoms with Crippen LogP contribution >= 0.6 is 11.6 Å². The van der Waals surface area contributed by atoms with Crippen LogP contribution in [-0.4, -0.2) is 35.0 Å². The van der Waals surface area contributed by atoms with Crippen LogP contribution in [0.15, 0.2) is 36.4 Å². The maximum Gasteiger partial charge on any atom is 0.268 e. The van der Waals surface area contributed by atoms with Crippen molar-refractivity contribution in [2.24, 2.45) is 5.73 Å². The van der Waals surface area contributed by atoms with Gasteiger partial charge in [0.1, 0.15) is 11.6 Å². The van der Waals surface area contributed by atoms with Gasteiger partial charge >= 0.3 is 0 Å². The van der Waals surface area contributed by atoms with Gasteiger partial charge < -0.3 is 21.1 Å². The minimum atomic E-state index is -2.36. The predicted octanol–water partition coefficient (Wildman–Crippen LogP) is 1.50. The van der Waals surface area contributed by atoms with E-state index in [9.17, 15) is 28.3 Å². The molecule has 0 saturated carbocycles. The van der Waals surface area contributed by atoms with Crippen LogP contribution in [0.25, 0.3) is 0 Å². The zero-order valence-electron chi connectivity index (χ0n) is 14.9. The van der Waals surface area contributed by atoms with E-state index in [1.165, 1.54) is 12.1 Å². The molecule has 1 aliphatic rings. The quantitative estimate of drug-likeness (QED) is 0.632. The third-order valence-electron chi connectivity index (χ3n) is 4.57. The number of carbonyl (C=O) groups is 3. The molecule has 0 spiro atoms. The smallest absolute Gasteiger partial charge is 0.268 e. The van der Waals surface area contributed by atoms with Gasteiger partial charge in [-0.25, -0.2) is 8.78 Å². The topological polar surface area (TPSA) is 113 Å². The second kappa shape index (κ2) is 7.76. The number of carbonyl (C=O) groups excluding carboxylic acids is 3. The molecule has 1 atom stereocenters. The van der Waals surface area contributed by atoms with Gasteiger partial charge in [-0.3, -0.25) is 14.4 Å². The van der Waals surface area contributed by atoms with E-state index in [2.05, 4.69) is 5.32 Å². The summed E-state index contributed by atoms with van der Waals surface area (Å²) in [6.07, 6.45) is -0.231. The van der Waals surface area contributed by atoms with Crippen molar-refractivity contribution in [2.75, 3.05) is 11.4 Å². The number of anilines is 1. The standard InChI is InChI=1S/C19H16ClF2N3O4/c20-11-5-10(6-12(21)7-11)9-24-17(27)19(29)3-4-25(18(19)28)13-1-2-15(22)14(8-13)16(23)26/h1-2,5-8,29H,3-4,9H2,(H2,23,26)(H,24,27). The number of aliphatic hydroxyl groups is 1. The fourth-order valence-corrected chi connectivity index (χ4v) is 3.32. The fourth-order valence-electron chi connectivity index (χ4n) is 3.07. The van der Waals surface area contributed by atoms with Crippen molar-refractivity contribution in [3.63, 3.8) is 0 Å². The number of hydrogen-bond donors (Lipinski definition) is 3. The maximum absolute atomic E-state index is 13.6. The summed E-state index contributed by atoms with van der Waals surface area (Å²) in [6.45, 7) is -0.202. The van der Waals surface area contributed by atoms with Gasteiger partial charge in [-0.2, -0.15) is 0 Å². The number of nitrogens with zero attached hydrogens (tertiary/aromatic N) is 1. The second-order valence-electron chi connectivity index (χ2n) is 6.56. The third kappa shape index (κ3) is 4.06. The Morgan fingerprint density at radius 1 is 1.24 bits per heavy atom. The molecule has 1 fully saturated rings. The molecule has 3 amide bonds. The molecule has 2 aromatic rings. The summed E-state index contributed by atoms with van der Waals surface area (Å²) in [6, 6.07) is 6.96. The van der Waals surface area contributed by atoms with Gasteiger partial charge in [-0.1, -0.05) is 11.6 Å². The van der Waals surface area contributed by atoms with Crippen molar-refractivity contribution in [1.82, 2.24) is 5.32 Å². The third-order valence-corrected chi connectivity index (χ3v) is 4.79. The van der Waals surface area contributed by atoms with E-state index < -0.39 is 40.5 Å².